The van der Waals surface area contributed by atoms with Crippen molar-refractivity contribution in [2.75, 3.05) is 14.2 Å². The van der Waals surface area contributed by atoms with Crippen LogP contribution in [0.4, 0.5) is 0 Å². The predicted molar refractivity (Wildman–Crippen MR) is 77.5 cm³/mol. The Bertz CT molecular complexity index is 398. The molecular formula is C15H27N3O2. The number of hydrogen-bond donors (Lipinski definition) is 1. The molecule has 1 N–H and O–H groups in total. The van der Waals surface area contributed by atoms with E-state index in [1.807, 2.05) is 7.05 Å². The molecule has 1 heterocycles. The number of ether oxygens (including phenoxy) is 1. The van der Waals surface area contributed by atoms with E-state index >= 15 is 0 Å². The van der Waals surface area contributed by atoms with E-state index in [0.29, 0.717) is 6.04 Å². The first kappa shape index (κ1) is 15.4. The highest BCUT2D eigenvalue weighted by atomic mass is 16.5. The lowest BCUT2D eigenvalue weighted by molar-refractivity contribution is -0.0365. The Hall–Kier alpha value is -0.940. The molecule has 0 amide bonds. The van der Waals surface area contributed by atoms with E-state index in [9.17, 15) is 0 Å². The van der Waals surface area contributed by atoms with Crippen molar-refractivity contribution >= 4 is 0 Å². The lowest BCUT2D eigenvalue weighted by Gasteiger charge is -2.27. The molecule has 2 rings (SSSR count). The largest absolute Gasteiger partial charge is 0.370 e. The highest BCUT2D eigenvalue weighted by molar-refractivity contribution is 5.03. The number of nitrogens with zero attached hydrogens (tertiary/aromatic N) is 2. The molecular weight excluding hydrogens is 254 g/mol. The van der Waals surface area contributed by atoms with Crippen LogP contribution in [0, 0.1) is 0 Å². The van der Waals surface area contributed by atoms with Gasteiger partial charge < -0.3 is 14.6 Å². The summed E-state index contributed by atoms with van der Waals surface area (Å²) in [6.45, 7) is 2.15. The first-order valence-corrected chi connectivity index (χ1v) is 7.75. The fraction of sp³-hybridized carbons (Fsp3) is 0.867. The SMILES string of the molecule is CNC(C)CCc1nc(C2(OC)CCCCCC2)no1. The molecule has 1 aliphatic carbocycles. The van der Waals surface area contributed by atoms with Crippen molar-refractivity contribution in [3.63, 3.8) is 0 Å². The van der Waals surface area contributed by atoms with Gasteiger partial charge in [-0.2, -0.15) is 4.98 Å². The Kier molecular flexibility index (Phi) is 5.54. The minimum absolute atomic E-state index is 0.327. The van der Waals surface area contributed by atoms with Crippen LogP contribution in [0.3, 0.4) is 0 Å². The fourth-order valence-electron chi connectivity index (χ4n) is 2.84. The zero-order valence-electron chi connectivity index (χ0n) is 12.9. The van der Waals surface area contributed by atoms with E-state index in [1.165, 1.54) is 25.7 Å². The zero-order chi connectivity index (χ0) is 14.4. The summed E-state index contributed by atoms with van der Waals surface area (Å²) in [7, 11) is 3.74. The van der Waals surface area contributed by atoms with Crippen molar-refractivity contribution in [2.45, 2.75) is 69.9 Å². The minimum atomic E-state index is -0.327. The van der Waals surface area contributed by atoms with Crippen LogP contribution < -0.4 is 5.32 Å². The van der Waals surface area contributed by atoms with E-state index in [0.717, 1.165) is 37.4 Å². The molecule has 1 atom stereocenters. The van der Waals surface area contributed by atoms with Gasteiger partial charge in [0, 0.05) is 19.6 Å². The summed E-state index contributed by atoms with van der Waals surface area (Å²) in [6, 6.07) is 0.458. The number of methoxy groups -OCH3 is 1. The topological polar surface area (TPSA) is 60.2 Å². The number of hydrogen-bond acceptors (Lipinski definition) is 5. The summed E-state index contributed by atoms with van der Waals surface area (Å²) in [6.07, 6.45) is 8.70. The predicted octanol–water partition coefficient (Wildman–Crippen LogP) is 2.81. The van der Waals surface area contributed by atoms with Crippen molar-refractivity contribution in [3.05, 3.63) is 11.7 Å². The van der Waals surface area contributed by atoms with Crippen molar-refractivity contribution in [3.8, 4) is 0 Å². The molecule has 1 unspecified atom stereocenters. The number of aryl methyl sites for hydroxylation is 1. The second kappa shape index (κ2) is 7.18. The highest BCUT2D eigenvalue weighted by Gasteiger charge is 2.37. The van der Waals surface area contributed by atoms with Gasteiger partial charge in [-0.1, -0.05) is 30.8 Å². The average molecular weight is 281 g/mol. The van der Waals surface area contributed by atoms with Crippen LogP contribution >= 0.6 is 0 Å². The van der Waals surface area contributed by atoms with E-state index in [-0.39, 0.29) is 5.60 Å². The summed E-state index contributed by atoms with van der Waals surface area (Å²) in [5.41, 5.74) is -0.327. The van der Waals surface area contributed by atoms with Crippen molar-refractivity contribution in [2.24, 2.45) is 0 Å². The molecule has 0 saturated heterocycles. The Labute approximate surface area is 121 Å². The Morgan fingerprint density at radius 1 is 1.30 bits per heavy atom. The molecule has 5 nitrogen and oxygen atoms in total. The molecule has 1 saturated carbocycles. The normalized spacial score (nSPS) is 20.6. The van der Waals surface area contributed by atoms with Gasteiger partial charge in [0.2, 0.25) is 11.7 Å². The van der Waals surface area contributed by atoms with E-state index in [4.69, 9.17) is 9.26 Å². The second-order valence-corrected chi connectivity index (χ2v) is 5.85. The number of rotatable bonds is 6. The standard InChI is InChI=1S/C15H27N3O2/c1-12(16-2)8-9-13-17-14(18-20-13)15(19-3)10-6-4-5-7-11-15/h12,16H,4-11H2,1-3H3. The lowest BCUT2D eigenvalue weighted by Crippen LogP contribution is -2.29. The van der Waals surface area contributed by atoms with Crippen LogP contribution in [0.25, 0.3) is 0 Å². The molecule has 5 heteroatoms. The van der Waals surface area contributed by atoms with Crippen LogP contribution in [0.5, 0.6) is 0 Å². The van der Waals surface area contributed by atoms with Gasteiger partial charge >= 0.3 is 0 Å². The highest BCUT2D eigenvalue weighted by Crippen LogP contribution is 2.37. The molecule has 1 aliphatic rings. The maximum atomic E-state index is 5.81. The molecule has 20 heavy (non-hydrogen) atoms. The smallest absolute Gasteiger partial charge is 0.226 e. The van der Waals surface area contributed by atoms with Gasteiger partial charge in [-0.15, -0.1) is 0 Å². The quantitative estimate of drug-likeness (QED) is 0.812. The maximum absolute atomic E-state index is 5.81. The molecule has 114 valence electrons. The molecule has 0 spiro atoms. The summed E-state index contributed by atoms with van der Waals surface area (Å²) in [5.74, 6) is 1.47. The summed E-state index contributed by atoms with van der Waals surface area (Å²) in [4.78, 5) is 4.59. The third-order valence-electron chi connectivity index (χ3n) is 4.46. The van der Waals surface area contributed by atoms with E-state index in [2.05, 4.69) is 22.4 Å². The van der Waals surface area contributed by atoms with Gasteiger partial charge in [-0.3, -0.25) is 0 Å². The third-order valence-corrected chi connectivity index (χ3v) is 4.46. The Morgan fingerprint density at radius 3 is 2.60 bits per heavy atom. The van der Waals surface area contributed by atoms with Gasteiger partial charge in [-0.05, 0) is 33.2 Å². The lowest BCUT2D eigenvalue weighted by atomic mass is 9.93. The van der Waals surface area contributed by atoms with Gasteiger partial charge in [0.25, 0.3) is 0 Å². The number of aromatic nitrogens is 2. The fourth-order valence-corrected chi connectivity index (χ4v) is 2.84. The Balaban J connectivity index is 2.05. The molecule has 0 aliphatic heterocycles. The molecule has 0 bridgehead atoms. The summed E-state index contributed by atoms with van der Waals surface area (Å²) in [5, 5.41) is 7.41. The van der Waals surface area contributed by atoms with Gasteiger partial charge in [0.1, 0.15) is 5.60 Å². The molecule has 1 aromatic heterocycles. The van der Waals surface area contributed by atoms with E-state index < -0.39 is 0 Å². The summed E-state index contributed by atoms with van der Waals surface area (Å²) >= 11 is 0. The third kappa shape index (κ3) is 3.58. The van der Waals surface area contributed by atoms with Crippen LogP contribution in [0.15, 0.2) is 4.52 Å². The zero-order valence-corrected chi connectivity index (χ0v) is 12.9. The van der Waals surface area contributed by atoms with Crippen LogP contribution in [-0.4, -0.2) is 30.3 Å². The van der Waals surface area contributed by atoms with Crippen molar-refractivity contribution < 1.29 is 9.26 Å². The van der Waals surface area contributed by atoms with Crippen LogP contribution in [-0.2, 0) is 16.8 Å². The Morgan fingerprint density at radius 2 is 2.00 bits per heavy atom. The summed E-state index contributed by atoms with van der Waals surface area (Å²) < 4.78 is 11.2. The first-order valence-electron chi connectivity index (χ1n) is 7.75. The van der Waals surface area contributed by atoms with E-state index in [1.54, 1.807) is 7.11 Å². The first-order chi connectivity index (χ1) is 9.70. The maximum Gasteiger partial charge on any atom is 0.226 e. The van der Waals surface area contributed by atoms with Crippen molar-refractivity contribution in [1.29, 1.82) is 0 Å². The van der Waals surface area contributed by atoms with Gasteiger partial charge in [0.05, 0.1) is 0 Å². The number of nitrogens with one attached hydrogen (secondary N) is 1. The molecule has 0 aromatic carbocycles. The average Bonchev–Trinajstić information content (AvgIpc) is 2.82. The minimum Gasteiger partial charge on any atom is -0.370 e. The van der Waals surface area contributed by atoms with Gasteiger partial charge in [0.15, 0.2) is 0 Å². The molecule has 1 fully saturated rings. The monoisotopic (exact) mass is 281 g/mol. The van der Waals surface area contributed by atoms with Gasteiger partial charge in [-0.25, -0.2) is 0 Å². The molecule has 0 radical (unpaired) electrons. The van der Waals surface area contributed by atoms with Crippen molar-refractivity contribution in [1.82, 2.24) is 15.5 Å². The second-order valence-electron chi connectivity index (χ2n) is 5.85. The molecule has 1 aromatic rings. The van der Waals surface area contributed by atoms with Crippen LogP contribution in [0.2, 0.25) is 0 Å². The van der Waals surface area contributed by atoms with Crippen LogP contribution in [0.1, 0.15) is 63.6 Å².